The first kappa shape index (κ1) is 18.2. The molecule has 0 aromatic carbocycles. The lowest BCUT2D eigenvalue weighted by Crippen LogP contribution is -2.39. The second-order valence-electron chi connectivity index (χ2n) is 4.88. The Bertz CT molecular complexity index is 448. The van der Waals surface area contributed by atoms with E-state index in [2.05, 4.69) is 20.6 Å². The summed E-state index contributed by atoms with van der Waals surface area (Å²) in [5.41, 5.74) is 0.885. The van der Waals surface area contributed by atoms with Gasteiger partial charge >= 0.3 is 6.18 Å². The zero-order valence-electron chi connectivity index (χ0n) is 12.8. The van der Waals surface area contributed by atoms with Crippen molar-refractivity contribution in [3.8, 4) is 0 Å². The lowest BCUT2D eigenvalue weighted by Gasteiger charge is -2.18. The molecule has 0 aliphatic carbocycles. The molecule has 0 fully saturated rings. The molecule has 1 rings (SSSR count). The summed E-state index contributed by atoms with van der Waals surface area (Å²) >= 11 is 0. The smallest absolute Gasteiger partial charge is 0.356 e. The quantitative estimate of drug-likeness (QED) is 0.456. The van der Waals surface area contributed by atoms with E-state index in [9.17, 15) is 13.2 Å². The van der Waals surface area contributed by atoms with Gasteiger partial charge in [-0.2, -0.15) is 13.2 Å². The highest BCUT2D eigenvalue weighted by atomic mass is 19.4. The fourth-order valence-corrected chi connectivity index (χ4v) is 1.84. The summed E-state index contributed by atoms with van der Waals surface area (Å²) in [5, 5.41) is 6.16. The fraction of sp³-hybridized carbons (Fsp3) is 0.571. The topological polar surface area (TPSA) is 52.6 Å². The normalized spacial score (nSPS) is 12.5. The molecule has 8 heteroatoms. The summed E-state index contributed by atoms with van der Waals surface area (Å²) in [6.07, 6.45) is -1.84. The summed E-state index contributed by atoms with van der Waals surface area (Å²) in [5.74, 6) is 0.601. The van der Waals surface area contributed by atoms with Crippen molar-refractivity contribution < 1.29 is 13.2 Å². The molecule has 0 aliphatic rings. The Balaban J connectivity index is 2.19. The van der Waals surface area contributed by atoms with Gasteiger partial charge in [0.25, 0.3) is 0 Å². The first-order valence-electron chi connectivity index (χ1n) is 7.00. The average Bonchev–Trinajstić information content (AvgIpc) is 2.46. The van der Waals surface area contributed by atoms with Crippen LogP contribution in [0.5, 0.6) is 0 Å². The number of guanidine groups is 1. The molecule has 1 aromatic rings. The minimum absolute atomic E-state index is 0.365. The molecule has 5 nitrogen and oxygen atoms in total. The number of rotatable bonds is 7. The van der Waals surface area contributed by atoms with Crippen LogP contribution in [0.4, 0.5) is 13.2 Å². The molecule has 124 valence electrons. The standard InChI is InChI=1S/C14H22F3N5/c1-18-13(21-10-12-6-3-4-7-19-12)20-8-5-9-22(2)11-14(15,16)17/h3-4,6-7H,5,8-11H2,1-2H3,(H2,18,20,21). The van der Waals surface area contributed by atoms with E-state index >= 15 is 0 Å². The van der Waals surface area contributed by atoms with Gasteiger partial charge in [0, 0.05) is 19.8 Å². The van der Waals surface area contributed by atoms with E-state index < -0.39 is 12.7 Å². The van der Waals surface area contributed by atoms with E-state index in [1.807, 2.05) is 18.2 Å². The Morgan fingerprint density at radius 2 is 2.09 bits per heavy atom. The van der Waals surface area contributed by atoms with E-state index in [-0.39, 0.29) is 0 Å². The number of alkyl halides is 3. The second-order valence-corrected chi connectivity index (χ2v) is 4.88. The maximum atomic E-state index is 12.2. The van der Waals surface area contributed by atoms with Crippen LogP contribution in [0, 0.1) is 0 Å². The van der Waals surface area contributed by atoms with Crippen LogP contribution >= 0.6 is 0 Å². The molecule has 0 unspecified atom stereocenters. The van der Waals surface area contributed by atoms with Gasteiger partial charge in [-0.1, -0.05) is 6.07 Å². The summed E-state index contributed by atoms with van der Waals surface area (Å²) in [7, 11) is 3.10. The third-order valence-electron chi connectivity index (χ3n) is 2.84. The van der Waals surface area contributed by atoms with Gasteiger partial charge < -0.3 is 10.6 Å². The Kier molecular flexibility index (Phi) is 7.65. The van der Waals surface area contributed by atoms with Gasteiger partial charge in [-0.05, 0) is 32.1 Å². The zero-order valence-corrected chi connectivity index (χ0v) is 12.8. The highest BCUT2D eigenvalue weighted by molar-refractivity contribution is 5.79. The summed E-state index contributed by atoms with van der Waals surface area (Å²) in [6.45, 7) is 0.558. The minimum atomic E-state index is -4.15. The van der Waals surface area contributed by atoms with Crippen molar-refractivity contribution in [3.05, 3.63) is 30.1 Å². The largest absolute Gasteiger partial charge is 0.401 e. The Hall–Kier alpha value is -1.83. The molecule has 0 spiro atoms. The number of aliphatic imine (C=N–C) groups is 1. The SMILES string of the molecule is CN=C(NCCCN(C)CC(F)(F)F)NCc1ccccn1. The first-order chi connectivity index (χ1) is 10.4. The molecule has 0 amide bonds. The van der Waals surface area contributed by atoms with E-state index in [0.29, 0.717) is 32.0 Å². The van der Waals surface area contributed by atoms with E-state index in [0.717, 1.165) is 5.69 Å². The molecule has 0 bridgehead atoms. The van der Waals surface area contributed by atoms with Gasteiger partial charge in [-0.15, -0.1) is 0 Å². The van der Waals surface area contributed by atoms with Gasteiger partial charge in [-0.25, -0.2) is 0 Å². The first-order valence-corrected chi connectivity index (χ1v) is 7.00. The Morgan fingerprint density at radius 1 is 1.32 bits per heavy atom. The molecule has 0 saturated carbocycles. The molecular weight excluding hydrogens is 295 g/mol. The predicted molar refractivity (Wildman–Crippen MR) is 80.6 cm³/mol. The number of hydrogen-bond acceptors (Lipinski definition) is 3. The maximum absolute atomic E-state index is 12.2. The van der Waals surface area contributed by atoms with Gasteiger partial charge in [0.1, 0.15) is 0 Å². The molecule has 0 radical (unpaired) electrons. The molecule has 0 saturated heterocycles. The molecular formula is C14H22F3N5. The minimum Gasteiger partial charge on any atom is -0.356 e. The fourth-order valence-electron chi connectivity index (χ4n) is 1.84. The highest BCUT2D eigenvalue weighted by Gasteiger charge is 2.28. The van der Waals surface area contributed by atoms with Crippen LogP contribution in [-0.2, 0) is 6.54 Å². The molecule has 22 heavy (non-hydrogen) atoms. The van der Waals surface area contributed by atoms with Crippen LogP contribution in [0.25, 0.3) is 0 Å². The Labute approximate surface area is 128 Å². The molecule has 1 heterocycles. The zero-order chi connectivity index (χ0) is 16.4. The van der Waals surface area contributed by atoms with E-state index in [4.69, 9.17) is 0 Å². The Morgan fingerprint density at radius 3 is 2.68 bits per heavy atom. The third-order valence-corrected chi connectivity index (χ3v) is 2.84. The highest BCUT2D eigenvalue weighted by Crippen LogP contribution is 2.15. The van der Waals surface area contributed by atoms with E-state index in [1.54, 1.807) is 13.2 Å². The number of nitrogens with one attached hydrogen (secondary N) is 2. The van der Waals surface area contributed by atoms with Gasteiger partial charge in [0.15, 0.2) is 5.96 Å². The maximum Gasteiger partial charge on any atom is 0.401 e. The van der Waals surface area contributed by atoms with Crippen LogP contribution in [0.15, 0.2) is 29.4 Å². The van der Waals surface area contributed by atoms with Crippen molar-refractivity contribution >= 4 is 5.96 Å². The van der Waals surface area contributed by atoms with Crippen molar-refractivity contribution in [1.29, 1.82) is 0 Å². The number of hydrogen-bond donors (Lipinski definition) is 2. The molecule has 0 atom stereocenters. The van der Waals surface area contributed by atoms with E-state index in [1.165, 1.54) is 11.9 Å². The van der Waals surface area contributed by atoms with Crippen LogP contribution in [-0.4, -0.2) is 55.7 Å². The monoisotopic (exact) mass is 317 g/mol. The number of nitrogens with zero attached hydrogens (tertiary/aromatic N) is 3. The average molecular weight is 317 g/mol. The summed E-state index contributed by atoms with van der Waals surface area (Å²) < 4.78 is 36.5. The van der Waals surface area contributed by atoms with Crippen LogP contribution in [0.3, 0.4) is 0 Å². The van der Waals surface area contributed by atoms with Gasteiger partial charge in [-0.3, -0.25) is 14.9 Å². The molecule has 0 aliphatic heterocycles. The summed E-state index contributed by atoms with van der Waals surface area (Å²) in [4.78, 5) is 9.49. The van der Waals surface area contributed by atoms with Gasteiger partial charge in [0.2, 0.25) is 0 Å². The molecule has 1 aromatic heterocycles. The van der Waals surface area contributed by atoms with Crippen LogP contribution in [0.1, 0.15) is 12.1 Å². The van der Waals surface area contributed by atoms with Crippen LogP contribution in [0.2, 0.25) is 0 Å². The summed E-state index contributed by atoms with van der Waals surface area (Å²) in [6, 6.07) is 5.64. The lowest BCUT2D eigenvalue weighted by atomic mass is 10.3. The van der Waals surface area contributed by atoms with Crippen molar-refractivity contribution in [2.24, 2.45) is 4.99 Å². The number of pyridine rings is 1. The van der Waals surface area contributed by atoms with Gasteiger partial charge in [0.05, 0.1) is 18.8 Å². The number of aromatic nitrogens is 1. The van der Waals surface area contributed by atoms with Crippen molar-refractivity contribution in [3.63, 3.8) is 0 Å². The van der Waals surface area contributed by atoms with Crippen molar-refractivity contribution in [1.82, 2.24) is 20.5 Å². The molecule has 2 N–H and O–H groups in total. The second kappa shape index (κ2) is 9.24. The third kappa shape index (κ3) is 8.46. The van der Waals surface area contributed by atoms with Crippen molar-refractivity contribution in [2.75, 3.05) is 33.7 Å². The van der Waals surface area contributed by atoms with Crippen molar-refractivity contribution in [2.45, 2.75) is 19.1 Å². The van der Waals surface area contributed by atoms with Crippen LogP contribution < -0.4 is 10.6 Å². The number of halogens is 3. The lowest BCUT2D eigenvalue weighted by molar-refractivity contribution is -0.143. The predicted octanol–water partition coefficient (Wildman–Crippen LogP) is 1.63.